The fraction of sp³-hybridized carbons (Fsp3) is 0.571. The first kappa shape index (κ1) is 14.1. The number of amides is 2. The molecule has 1 heterocycles. The average molecular weight is 357 g/mol. The monoisotopic (exact) mass is 356 g/mol. The topological polar surface area (TPSA) is 58.2 Å². The Hall–Kier alpha value is -0.880. The molecule has 0 radical (unpaired) electrons. The molecule has 1 aromatic heterocycles. The zero-order valence-electron chi connectivity index (χ0n) is 11.0. The molecule has 3 rings (SSSR count). The summed E-state index contributed by atoms with van der Waals surface area (Å²) >= 11 is 4.65. The Kier molecular flexibility index (Phi) is 4.12. The number of rotatable bonds is 3. The smallest absolute Gasteiger partial charge is 0.273 e. The van der Waals surface area contributed by atoms with E-state index in [0.29, 0.717) is 17.2 Å². The summed E-state index contributed by atoms with van der Waals surface area (Å²) < 4.78 is 0.899. The molecule has 0 aromatic carbocycles. The van der Waals surface area contributed by atoms with Crippen LogP contribution in [0.15, 0.2) is 15.9 Å². The second-order valence-corrected chi connectivity index (χ2v) is 8.21. The highest BCUT2D eigenvalue weighted by atomic mass is 79.9. The maximum absolute atomic E-state index is 11.9. The fourth-order valence-electron chi connectivity index (χ4n) is 3.54. The van der Waals surface area contributed by atoms with E-state index in [2.05, 4.69) is 26.8 Å². The highest BCUT2D eigenvalue weighted by Crippen LogP contribution is 2.49. The number of halogens is 1. The van der Waals surface area contributed by atoms with Gasteiger partial charge in [0, 0.05) is 6.42 Å². The summed E-state index contributed by atoms with van der Waals surface area (Å²) in [5.41, 5.74) is 5.01. The summed E-state index contributed by atoms with van der Waals surface area (Å²) in [6, 6.07) is 3.54. The second kappa shape index (κ2) is 5.85. The Morgan fingerprint density at radius 2 is 2.10 bits per heavy atom. The standard InChI is InChI=1S/C14H17BrN2O2S/c15-12-4-3-11(20-12)14(19)17-16-13(18)7-10-6-8-1-2-9(10)5-8/h3-4,8-10H,1-2,5-7H2,(H,16,18)(H,17,19)/t8-,9-,10-/m1/s1. The number of nitrogens with one attached hydrogen (secondary N) is 2. The largest absolute Gasteiger partial charge is 0.279 e. The second-order valence-electron chi connectivity index (χ2n) is 5.75. The van der Waals surface area contributed by atoms with E-state index < -0.39 is 0 Å². The van der Waals surface area contributed by atoms with Crippen LogP contribution in [0.4, 0.5) is 0 Å². The number of hydrogen-bond donors (Lipinski definition) is 2. The maximum atomic E-state index is 11.9. The molecule has 0 saturated heterocycles. The van der Waals surface area contributed by atoms with Gasteiger partial charge in [0.1, 0.15) is 0 Å². The molecule has 0 aliphatic heterocycles. The maximum Gasteiger partial charge on any atom is 0.279 e. The van der Waals surface area contributed by atoms with Crippen LogP contribution < -0.4 is 10.9 Å². The molecule has 3 atom stereocenters. The Morgan fingerprint density at radius 1 is 1.25 bits per heavy atom. The zero-order chi connectivity index (χ0) is 14.1. The Morgan fingerprint density at radius 3 is 2.70 bits per heavy atom. The average Bonchev–Trinajstić information content (AvgIpc) is 3.12. The molecule has 6 heteroatoms. The molecule has 2 amide bonds. The molecule has 4 nitrogen and oxygen atoms in total. The number of hydrazine groups is 1. The first-order chi connectivity index (χ1) is 9.61. The number of carbonyl (C=O) groups is 2. The van der Waals surface area contributed by atoms with Crippen molar-refractivity contribution in [2.24, 2.45) is 17.8 Å². The molecular weight excluding hydrogens is 340 g/mol. The van der Waals surface area contributed by atoms with Crippen LogP contribution >= 0.6 is 27.3 Å². The number of thiophene rings is 1. The fourth-order valence-corrected chi connectivity index (χ4v) is 4.82. The summed E-state index contributed by atoms with van der Waals surface area (Å²) in [6.45, 7) is 0. The van der Waals surface area contributed by atoms with Gasteiger partial charge in [-0.1, -0.05) is 6.42 Å². The Bertz CT molecular complexity index is 531. The summed E-state index contributed by atoms with van der Waals surface area (Å²) in [4.78, 5) is 24.3. The van der Waals surface area contributed by atoms with Crippen molar-refractivity contribution >= 4 is 39.1 Å². The zero-order valence-corrected chi connectivity index (χ0v) is 13.4. The van der Waals surface area contributed by atoms with E-state index in [4.69, 9.17) is 0 Å². The third kappa shape index (κ3) is 3.06. The van der Waals surface area contributed by atoms with Crippen molar-refractivity contribution in [3.8, 4) is 0 Å². The summed E-state index contributed by atoms with van der Waals surface area (Å²) in [7, 11) is 0. The number of fused-ring (bicyclic) bond motifs is 2. The molecule has 2 aliphatic rings. The normalized spacial score (nSPS) is 27.6. The molecule has 20 heavy (non-hydrogen) atoms. The van der Waals surface area contributed by atoms with Crippen LogP contribution in [0.25, 0.3) is 0 Å². The molecule has 0 unspecified atom stereocenters. The Labute approximate surface area is 130 Å². The quantitative estimate of drug-likeness (QED) is 0.817. The first-order valence-electron chi connectivity index (χ1n) is 6.96. The molecule has 2 bridgehead atoms. The van der Waals surface area contributed by atoms with Gasteiger partial charge in [-0.05, 0) is 65.1 Å². The van der Waals surface area contributed by atoms with Gasteiger partial charge < -0.3 is 0 Å². The first-order valence-corrected chi connectivity index (χ1v) is 8.57. The van der Waals surface area contributed by atoms with Crippen LogP contribution in [-0.4, -0.2) is 11.8 Å². The van der Waals surface area contributed by atoms with Crippen molar-refractivity contribution in [3.05, 3.63) is 20.8 Å². The van der Waals surface area contributed by atoms with Crippen molar-refractivity contribution in [3.63, 3.8) is 0 Å². The lowest BCUT2D eigenvalue weighted by atomic mass is 9.86. The van der Waals surface area contributed by atoms with Gasteiger partial charge in [-0.2, -0.15) is 0 Å². The predicted molar refractivity (Wildman–Crippen MR) is 81.2 cm³/mol. The van der Waals surface area contributed by atoms with Gasteiger partial charge in [0.2, 0.25) is 5.91 Å². The molecule has 1 aromatic rings. The minimum atomic E-state index is -0.262. The SMILES string of the molecule is O=C(C[C@H]1C[C@@H]2CC[C@@H]1C2)NNC(=O)c1ccc(Br)s1. The van der Waals surface area contributed by atoms with E-state index in [1.807, 2.05) is 6.07 Å². The van der Waals surface area contributed by atoms with Crippen LogP contribution in [0.3, 0.4) is 0 Å². The van der Waals surface area contributed by atoms with E-state index in [1.165, 1.54) is 37.0 Å². The third-order valence-corrected chi connectivity index (χ3v) is 6.07. The van der Waals surface area contributed by atoms with E-state index in [-0.39, 0.29) is 11.8 Å². The van der Waals surface area contributed by atoms with Crippen LogP contribution in [-0.2, 0) is 4.79 Å². The Balaban J connectivity index is 1.44. The molecule has 2 fully saturated rings. The highest BCUT2D eigenvalue weighted by molar-refractivity contribution is 9.11. The molecular formula is C14H17BrN2O2S. The van der Waals surface area contributed by atoms with Gasteiger partial charge >= 0.3 is 0 Å². The molecule has 2 saturated carbocycles. The minimum absolute atomic E-state index is 0.0773. The van der Waals surface area contributed by atoms with Gasteiger partial charge in [-0.25, -0.2) is 0 Å². The van der Waals surface area contributed by atoms with E-state index >= 15 is 0 Å². The van der Waals surface area contributed by atoms with E-state index in [9.17, 15) is 9.59 Å². The van der Waals surface area contributed by atoms with Gasteiger partial charge in [0.15, 0.2) is 0 Å². The highest BCUT2D eigenvalue weighted by Gasteiger charge is 2.40. The molecule has 2 N–H and O–H groups in total. The molecule has 108 valence electrons. The van der Waals surface area contributed by atoms with Crippen LogP contribution in [0.2, 0.25) is 0 Å². The van der Waals surface area contributed by atoms with Gasteiger partial charge in [-0.3, -0.25) is 20.4 Å². The van der Waals surface area contributed by atoms with Crippen molar-refractivity contribution in [2.45, 2.75) is 32.1 Å². The van der Waals surface area contributed by atoms with Gasteiger partial charge in [0.05, 0.1) is 8.66 Å². The summed E-state index contributed by atoms with van der Waals surface area (Å²) in [5, 5.41) is 0. The summed E-state index contributed by atoms with van der Waals surface area (Å²) in [6.07, 6.45) is 5.64. The van der Waals surface area contributed by atoms with Gasteiger partial charge in [0.25, 0.3) is 5.91 Å². The number of carbonyl (C=O) groups excluding carboxylic acids is 2. The van der Waals surface area contributed by atoms with Crippen LogP contribution in [0.5, 0.6) is 0 Å². The summed E-state index contributed by atoms with van der Waals surface area (Å²) in [5.74, 6) is 1.75. The lowest BCUT2D eigenvalue weighted by molar-refractivity contribution is -0.123. The predicted octanol–water partition coefficient (Wildman–Crippen LogP) is 3.10. The minimum Gasteiger partial charge on any atom is -0.273 e. The third-order valence-electron chi connectivity index (χ3n) is 4.44. The molecule has 2 aliphatic carbocycles. The van der Waals surface area contributed by atoms with Crippen molar-refractivity contribution in [1.29, 1.82) is 0 Å². The van der Waals surface area contributed by atoms with Crippen molar-refractivity contribution < 1.29 is 9.59 Å². The lowest BCUT2D eigenvalue weighted by Gasteiger charge is -2.20. The van der Waals surface area contributed by atoms with Crippen molar-refractivity contribution in [1.82, 2.24) is 10.9 Å². The van der Waals surface area contributed by atoms with Crippen molar-refractivity contribution in [2.75, 3.05) is 0 Å². The van der Waals surface area contributed by atoms with Gasteiger partial charge in [-0.15, -0.1) is 11.3 Å². The molecule has 0 spiro atoms. The number of hydrogen-bond acceptors (Lipinski definition) is 3. The van der Waals surface area contributed by atoms with E-state index in [1.54, 1.807) is 6.07 Å². The van der Waals surface area contributed by atoms with Crippen LogP contribution in [0, 0.1) is 17.8 Å². The lowest BCUT2D eigenvalue weighted by Crippen LogP contribution is -2.42. The van der Waals surface area contributed by atoms with E-state index in [0.717, 1.165) is 15.6 Å². The van der Waals surface area contributed by atoms with Crippen LogP contribution in [0.1, 0.15) is 41.8 Å².